The number of likely N-dealkylation sites (tertiary alicyclic amines) is 1. The average Bonchev–Trinajstić information content (AvgIpc) is 3.53. The number of hydrogen-bond acceptors (Lipinski definition) is 7. The van der Waals surface area contributed by atoms with Crippen molar-refractivity contribution >= 4 is 22.8 Å². The van der Waals surface area contributed by atoms with Crippen molar-refractivity contribution < 1.29 is 28.2 Å². The molecule has 3 atom stereocenters. The molecular formula is C25H27N3O6. The third-order valence-electron chi connectivity index (χ3n) is 6.49. The number of carbonyl (C=O) groups is 2. The normalized spacial score (nSPS) is 21.4. The second-order valence-corrected chi connectivity index (χ2v) is 8.79. The lowest BCUT2D eigenvalue weighted by Crippen LogP contribution is -2.31. The molecule has 34 heavy (non-hydrogen) atoms. The molecule has 1 aliphatic heterocycles. The first-order valence-electron chi connectivity index (χ1n) is 11.5. The highest BCUT2D eigenvalue weighted by Gasteiger charge is 2.43. The summed E-state index contributed by atoms with van der Waals surface area (Å²) in [6.45, 7) is 3.73. The van der Waals surface area contributed by atoms with Gasteiger partial charge in [0.1, 0.15) is 17.8 Å². The first kappa shape index (κ1) is 22.1. The summed E-state index contributed by atoms with van der Waals surface area (Å²) < 4.78 is 22.3. The summed E-state index contributed by atoms with van der Waals surface area (Å²) >= 11 is 0. The van der Waals surface area contributed by atoms with Gasteiger partial charge in [0.2, 0.25) is 5.89 Å². The predicted octanol–water partition coefficient (Wildman–Crippen LogP) is 3.75. The Morgan fingerprint density at radius 3 is 2.47 bits per heavy atom. The molecule has 1 aliphatic carbocycles. The fourth-order valence-electron chi connectivity index (χ4n) is 4.92. The summed E-state index contributed by atoms with van der Waals surface area (Å²) in [5.74, 6) is 1.91. The van der Waals surface area contributed by atoms with Gasteiger partial charge in [-0.2, -0.15) is 0 Å². The van der Waals surface area contributed by atoms with E-state index in [2.05, 4.69) is 23.2 Å². The number of rotatable bonds is 7. The third-order valence-corrected chi connectivity index (χ3v) is 6.49. The zero-order valence-electron chi connectivity index (χ0n) is 18.9. The van der Waals surface area contributed by atoms with Crippen LogP contribution in [0.5, 0.6) is 11.5 Å². The van der Waals surface area contributed by atoms with Crippen molar-refractivity contribution in [2.75, 3.05) is 19.7 Å². The summed E-state index contributed by atoms with van der Waals surface area (Å²) in [5, 5.41) is 2.23. The summed E-state index contributed by atoms with van der Waals surface area (Å²) in [6.07, 6.45) is 2.66. The molecule has 1 saturated carbocycles. The van der Waals surface area contributed by atoms with Crippen LogP contribution in [0, 0.1) is 11.8 Å². The Morgan fingerprint density at radius 2 is 1.79 bits per heavy atom. The second-order valence-electron chi connectivity index (χ2n) is 8.79. The molecule has 1 saturated heterocycles. The minimum absolute atomic E-state index is 0.00828. The molecule has 3 aromatic rings. The van der Waals surface area contributed by atoms with Gasteiger partial charge in [0.15, 0.2) is 12.3 Å². The molecule has 1 unspecified atom stereocenters. The van der Waals surface area contributed by atoms with E-state index in [1.807, 2.05) is 25.1 Å². The minimum Gasteiger partial charge on any atom is -0.494 e. The van der Waals surface area contributed by atoms with E-state index in [9.17, 15) is 9.59 Å². The molecule has 9 heteroatoms. The SMILES string of the molecule is CCOc1ccc2ccc(OC3C[C@@H]4CN(C(=O)OCc5nc(C(N)=O)co5)C[C@@H]4C3)cc2c1. The first-order chi connectivity index (χ1) is 16.5. The van der Waals surface area contributed by atoms with E-state index in [-0.39, 0.29) is 24.3 Å². The van der Waals surface area contributed by atoms with Crippen LogP contribution in [0.15, 0.2) is 47.1 Å². The number of hydrogen-bond donors (Lipinski definition) is 1. The predicted molar refractivity (Wildman–Crippen MR) is 123 cm³/mol. The van der Waals surface area contributed by atoms with Gasteiger partial charge in [0, 0.05) is 13.1 Å². The minimum atomic E-state index is -0.690. The molecule has 2 aliphatic rings. The Labute approximate surface area is 196 Å². The molecule has 1 aromatic heterocycles. The maximum absolute atomic E-state index is 12.5. The van der Waals surface area contributed by atoms with Gasteiger partial charge in [-0.1, -0.05) is 12.1 Å². The highest BCUT2D eigenvalue weighted by Crippen LogP contribution is 2.40. The molecule has 5 rings (SSSR count). The maximum Gasteiger partial charge on any atom is 0.410 e. The van der Waals surface area contributed by atoms with Crippen molar-refractivity contribution in [1.82, 2.24) is 9.88 Å². The van der Waals surface area contributed by atoms with Crippen molar-refractivity contribution in [2.24, 2.45) is 17.6 Å². The Kier molecular flexibility index (Phi) is 6.00. The summed E-state index contributed by atoms with van der Waals surface area (Å²) in [7, 11) is 0. The monoisotopic (exact) mass is 465 g/mol. The Bertz CT molecular complexity index is 1190. The van der Waals surface area contributed by atoms with Crippen molar-refractivity contribution in [3.8, 4) is 11.5 Å². The topological polar surface area (TPSA) is 117 Å². The molecule has 0 bridgehead atoms. The van der Waals surface area contributed by atoms with Crippen LogP contribution in [-0.2, 0) is 11.3 Å². The molecule has 2 heterocycles. The summed E-state index contributed by atoms with van der Waals surface area (Å²) in [4.78, 5) is 29.1. The van der Waals surface area contributed by atoms with E-state index in [1.165, 1.54) is 0 Å². The van der Waals surface area contributed by atoms with Gasteiger partial charge in [-0.15, -0.1) is 0 Å². The Hall–Kier alpha value is -3.75. The highest BCUT2D eigenvalue weighted by atomic mass is 16.6. The maximum atomic E-state index is 12.5. The van der Waals surface area contributed by atoms with Gasteiger partial charge in [-0.25, -0.2) is 9.78 Å². The van der Waals surface area contributed by atoms with Crippen LogP contribution < -0.4 is 15.2 Å². The Balaban J connectivity index is 1.13. The van der Waals surface area contributed by atoms with E-state index in [1.54, 1.807) is 4.90 Å². The lowest BCUT2D eigenvalue weighted by molar-refractivity contribution is 0.0908. The van der Waals surface area contributed by atoms with Crippen molar-refractivity contribution in [3.05, 3.63) is 54.2 Å². The van der Waals surface area contributed by atoms with E-state index in [4.69, 9.17) is 24.4 Å². The summed E-state index contributed by atoms with van der Waals surface area (Å²) in [5.41, 5.74) is 5.15. The first-order valence-corrected chi connectivity index (χ1v) is 11.5. The number of oxazole rings is 1. The van der Waals surface area contributed by atoms with Gasteiger partial charge in [-0.05, 0) is 66.6 Å². The molecule has 0 radical (unpaired) electrons. The summed E-state index contributed by atoms with van der Waals surface area (Å²) in [6, 6.07) is 12.2. The average molecular weight is 466 g/mol. The van der Waals surface area contributed by atoms with Crippen LogP contribution in [-0.4, -0.2) is 47.7 Å². The van der Waals surface area contributed by atoms with Gasteiger partial charge >= 0.3 is 6.09 Å². The highest BCUT2D eigenvalue weighted by molar-refractivity contribution is 5.90. The lowest BCUT2D eigenvalue weighted by Gasteiger charge is -2.19. The van der Waals surface area contributed by atoms with E-state index >= 15 is 0 Å². The standard InChI is InChI=1S/C25H27N3O6/c1-2-31-19-5-3-15-4-6-20(8-16(15)7-19)34-21-9-17-11-28(12-18(17)10-21)25(30)33-14-23-27-22(13-32-23)24(26)29/h3-8,13,17-18,21H,2,9-12,14H2,1H3,(H2,26,29)/t17-,18+,21?. The number of nitrogens with zero attached hydrogens (tertiary/aromatic N) is 2. The van der Waals surface area contributed by atoms with Crippen molar-refractivity contribution in [3.63, 3.8) is 0 Å². The lowest BCUT2D eigenvalue weighted by atomic mass is 10.0. The molecule has 0 spiro atoms. The van der Waals surface area contributed by atoms with Crippen molar-refractivity contribution in [1.29, 1.82) is 0 Å². The van der Waals surface area contributed by atoms with Gasteiger partial charge in [-0.3, -0.25) is 4.79 Å². The van der Waals surface area contributed by atoms with Gasteiger partial charge < -0.3 is 29.3 Å². The van der Waals surface area contributed by atoms with Gasteiger partial charge in [0.25, 0.3) is 5.91 Å². The number of fused-ring (bicyclic) bond motifs is 2. The van der Waals surface area contributed by atoms with Gasteiger partial charge in [0.05, 0.1) is 12.7 Å². The quantitative estimate of drug-likeness (QED) is 0.565. The van der Waals surface area contributed by atoms with Crippen molar-refractivity contribution in [2.45, 2.75) is 32.5 Å². The smallest absolute Gasteiger partial charge is 0.410 e. The van der Waals surface area contributed by atoms with E-state index in [0.29, 0.717) is 31.5 Å². The van der Waals surface area contributed by atoms with Crippen LogP contribution in [0.4, 0.5) is 4.79 Å². The second kappa shape index (κ2) is 9.24. The fraction of sp³-hybridized carbons (Fsp3) is 0.400. The van der Waals surface area contributed by atoms with E-state index < -0.39 is 12.0 Å². The number of aromatic nitrogens is 1. The van der Waals surface area contributed by atoms with E-state index in [0.717, 1.165) is 41.4 Å². The van der Waals surface area contributed by atoms with Crippen LogP contribution in [0.25, 0.3) is 10.8 Å². The number of ether oxygens (including phenoxy) is 3. The Morgan fingerprint density at radius 1 is 1.09 bits per heavy atom. The van der Waals surface area contributed by atoms with Crippen LogP contribution >= 0.6 is 0 Å². The van der Waals surface area contributed by atoms with Crippen LogP contribution in [0.2, 0.25) is 0 Å². The van der Waals surface area contributed by atoms with Crippen LogP contribution in [0.3, 0.4) is 0 Å². The number of nitrogens with two attached hydrogens (primary N) is 1. The molecule has 9 nitrogen and oxygen atoms in total. The molecule has 2 aromatic carbocycles. The number of amides is 2. The van der Waals surface area contributed by atoms with Crippen LogP contribution in [0.1, 0.15) is 36.1 Å². The fourth-order valence-corrected chi connectivity index (χ4v) is 4.92. The molecule has 2 N–H and O–H groups in total. The zero-order chi connectivity index (χ0) is 23.7. The molecule has 2 fully saturated rings. The molecule has 178 valence electrons. The number of benzene rings is 2. The molecule has 2 amide bonds. The molecular weight excluding hydrogens is 438 g/mol. The number of primary amides is 1. The largest absolute Gasteiger partial charge is 0.494 e. The number of carbonyl (C=O) groups excluding carboxylic acids is 2. The zero-order valence-corrected chi connectivity index (χ0v) is 18.9. The third kappa shape index (κ3) is 4.64.